The zero-order chi connectivity index (χ0) is 27.0. The Balaban J connectivity index is 1.41. The molecule has 1 aromatic carbocycles. The molecule has 0 radical (unpaired) electrons. The van der Waals surface area contributed by atoms with E-state index in [1.165, 1.54) is 29.3 Å². The van der Waals surface area contributed by atoms with E-state index < -0.39 is 17.8 Å². The first-order chi connectivity index (χ1) is 18.1. The number of rotatable bonds is 6. The lowest BCUT2D eigenvalue weighted by atomic mass is 10.2. The molecule has 0 bridgehead atoms. The molecular weight excluding hydrogens is 499 g/mol. The van der Waals surface area contributed by atoms with Gasteiger partial charge in [-0.15, -0.1) is 0 Å². The van der Waals surface area contributed by atoms with Crippen LogP contribution in [0.4, 0.5) is 18.9 Å². The predicted molar refractivity (Wildman–Crippen MR) is 132 cm³/mol. The molecule has 0 aliphatic heterocycles. The Morgan fingerprint density at radius 1 is 1.05 bits per heavy atom. The number of anilines is 1. The van der Waals surface area contributed by atoms with Crippen LogP contribution in [-0.2, 0) is 19.8 Å². The van der Waals surface area contributed by atoms with Crippen molar-refractivity contribution in [3.8, 4) is 17.2 Å². The number of hydrogen-bond acceptors (Lipinski definition) is 6. The molecule has 0 saturated carbocycles. The first kappa shape index (κ1) is 24.9. The molecule has 10 nitrogen and oxygen atoms in total. The Morgan fingerprint density at radius 3 is 2.50 bits per heavy atom. The van der Waals surface area contributed by atoms with Crippen LogP contribution in [0.3, 0.4) is 0 Å². The summed E-state index contributed by atoms with van der Waals surface area (Å²) in [5.74, 6) is -0.880. The van der Waals surface area contributed by atoms with Gasteiger partial charge in [0.2, 0.25) is 0 Å². The van der Waals surface area contributed by atoms with E-state index in [4.69, 9.17) is 0 Å². The third-order valence-corrected chi connectivity index (χ3v) is 5.83. The third-order valence-electron chi connectivity index (χ3n) is 5.83. The molecule has 4 heterocycles. The molecule has 0 atom stereocenters. The van der Waals surface area contributed by atoms with Crippen LogP contribution in [0.1, 0.15) is 33.1 Å². The van der Waals surface area contributed by atoms with E-state index in [0.29, 0.717) is 23.5 Å². The summed E-state index contributed by atoms with van der Waals surface area (Å²) in [6.45, 7) is 4.15. The van der Waals surface area contributed by atoms with E-state index in [0.717, 1.165) is 22.0 Å². The molecule has 194 valence electrons. The van der Waals surface area contributed by atoms with Crippen LogP contribution in [0.2, 0.25) is 0 Å². The molecule has 0 saturated heterocycles. The van der Waals surface area contributed by atoms with Gasteiger partial charge in [-0.2, -0.15) is 28.5 Å². The summed E-state index contributed by atoms with van der Waals surface area (Å²) in [7, 11) is 1.64. The molecule has 5 aromatic rings. The summed E-state index contributed by atoms with van der Waals surface area (Å²) in [6, 6.07) is 12.0. The second-order valence-electron chi connectivity index (χ2n) is 8.63. The average Bonchev–Trinajstić information content (AvgIpc) is 3.61. The molecule has 5 rings (SSSR count). The van der Waals surface area contributed by atoms with Crippen molar-refractivity contribution in [2.45, 2.75) is 26.6 Å². The van der Waals surface area contributed by atoms with E-state index in [1.807, 2.05) is 37.3 Å². The normalized spacial score (nSPS) is 11.6. The van der Waals surface area contributed by atoms with Crippen molar-refractivity contribution in [2.24, 2.45) is 7.05 Å². The van der Waals surface area contributed by atoms with Gasteiger partial charge in [0.15, 0.2) is 11.4 Å². The summed E-state index contributed by atoms with van der Waals surface area (Å²) in [5, 5.41) is 15.5. The lowest BCUT2D eigenvalue weighted by molar-refractivity contribution is -0.141. The molecule has 4 aromatic heterocycles. The van der Waals surface area contributed by atoms with Crippen LogP contribution in [-0.4, -0.2) is 45.2 Å². The monoisotopic (exact) mass is 521 g/mol. The van der Waals surface area contributed by atoms with Gasteiger partial charge < -0.3 is 5.32 Å². The van der Waals surface area contributed by atoms with Gasteiger partial charge in [-0.1, -0.05) is 30.3 Å². The Hall–Kier alpha value is -4.81. The van der Waals surface area contributed by atoms with Crippen LogP contribution in [0, 0.1) is 13.8 Å². The number of amides is 1. The highest BCUT2D eigenvalue weighted by Gasteiger charge is 2.34. The molecule has 13 heteroatoms. The minimum Gasteiger partial charge on any atom is -0.317 e. The number of benzene rings is 1. The first-order valence-electron chi connectivity index (χ1n) is 11.5. The quantitative estimate of drug-likeness (QED) is 0.359. The number of nitrogens with one attached hydrogen (secondary N) is 1. The van der Waals surface area contributed by atoms with Gasteiger partial charge in [-0.3, -0.25) is 14.2 Å². The molecule has 1 N–H and O–H groups in total. The number of hydrogen-bond donors (Lipinski definition) is 1. The van der Waals surface area contributed by atoms with Gasteiger partial charge in [0.05, 0.1) is 35.5 Å². The minimum absolute atomic E-state index is 0.0222. The number of carbonyl (C=O) groups is 1. The smallest absolute Gasteiger partial charge is 0.317 e. The van der Waals surface area contributed by atoms with Crippen molar-refractivity contribution in [3.63, 3.8) is 0 Å². The maximum Gasteiger partial charge on any atom is 0.433 e. The minimum atomic E-state index is -4.71. The zero-order valence-electron chi connectivity index (χ0n) is 20.6. The number of halogens is 3. The second kappa shape index (κ2) is 9.57. The van der Waals surface area contributed by atoms with Crippen LogP contribution in [0.15, 0.2) is 61.1 Å². The van der Waals surface area contributed by atoms with Crippen LogP contribution < -0.4 is 5.32 Å². The maximum atomic E-state index is 13.6. The van der Waals surface area contributed by atoms with Gasteiger partial charge in [0.1, 0.15) is 0 Å². The fourth-order valence-corrected chi connectivity index (χ4v) is 3.91. The van der Waals surface area contributed by atoms with Crippen molar-refractivity contribution in [1.82, 2.24) is 39.3 Å². The molecule has 0 unspecified atom stereocenters. The summed E-state index contributed by atoms with van der Waals surface area (Å²) < 4.78 is 45.0. The number of alkyl halides is 3. The fourth-order valence-electron chi connectivity index (χ4n) is 3.91. The van der Waals surface area contributed by atoms with Gasteiger partial charge in [-0.05, 0) is 31.5 Å². The predicted octanol–water partition coefficient (Wildman–Crippen LogP) is 4.20. The van der Waals surface area contributed by atoms with Crippen molar-refractivity contribution in [2.75, 3.05) is 5.32 Å². The van der Waals surface area contributed by atoms with E-state index in [9.17, 15) is 18.0 Å². The topological polar surface area (TPSA) is 108 Å². The maximum absolute atomic E-state index is 13.6. The number of aromatic nitrogens is 8. The SMILES string of the molecule is Cc1nn(Cc2ccccc2)c(C)c1NC(=O)c1ccn(-c2nc(-c3cnn(C)c3)cc(C(F)(F)F)n2)n1. The largest absolute Gasteiger partial charge is 0.433 e. The third kappa shape index (κ3) is 5.03. The zero-order valence-corrected chi connectivity index (χ0v) is 20.6. The highest BCUT2D eigenvalue weighted by Crippen LogP contribution is 2.31. The van der Waals surface area contributed by atoms with Crippen molar-refractivity contribution >= 4 is 11.6 Å². The lowest BCUT2D eigenvalue weighted by Crippen LogP contribution is -2.16. The van der Waals surface area contributed by atoms with Crippen LogP contribution >= 0.6 is 0 Å². The summed E-state index contributed by atoms with van der Waals surface area (Å²) in [4.78, 5) is 20.8. The van der Waals surface area contributed by atoms with Gasteiger partial charge in [-0.25, -0.2) is 14.6 Å². The number of carbonyl (C=O) groups excluding carboxylic acids is 1. The van der Waals surface area contributed by atoms with Crippen LogP contribution in [0.5, 0.6) is 0 Å². The summed E-state index contributed by atoms with van der Waals surface area (Å²) in [6.07, 6.45) is -0.444. The average molecular weight is 522 g/mol. The fraction of sp³-hybridized carbons (Fsp3) is 0.200. The molecule has 0 aliphatic rings. The molecule has 1 amide bonds. The van der Waals surface area contributed by atoms with Crippen molar-refractivity contribution in [1.29, 1.82) is 0 Å². The molecule has 0 aliphatic carbocycles. The Bertz CT molecular complexity index is 1620. The van der Waals surface area contributed by atoms with Crippen molar-refractivity contribution in [3.05, 3.63) is 89.4 Å². The Kier molecular flexibility index (Phi) is 6.27. The van der Waals surface area contributed by atoms with E-state index in [1.54, 1.807) is 18.7 Å². The summed E-state index contributed by atoms with van der Waals surface area (Å²) in [5.41, 5.74) is 2.20. The van der Waals surface area contributed by atoms with E-state index in [2.05, 4.69) is 30.6 Å². The number of aryl methyl sites for hydroxylation is 2. The van der Waals surface area contributed by atoms with Gasteiger partial charge in [0, 0.05) is 25.0 Å². The highest BCUT2D eigenvalue weighted by atomic mass is 19.4. The summed E-state index contributed by atoms with van der Waals surface area (Å²) >= 11 is 0. The standard InChI is InChI=1S/C25H22F3N9O/c1-15-22(16(2)37(33-15)13-17-7-5-4-6-8-17)32-23(38)19-9-10-36(34-19)24-30-20(18-12-29-35(3)14-18)11-21(31-24)25(26,27)28/h4-12,14H,13H2,1-3H3,(H,32,38). The molecule has 0 spiro atoms. The second-order valence-corrected chi connectivity index (χ2v) is 8.63. The van der Waals surface area contributed by atoms with Crippen molar-refractivity contribution < 1.29 is 18.0 Å². The Labute approximate surface area is 214 Å². The van der Waals surface area contributed by atoms with Gasteiger partial charge >= 0.3 is 6.18 Å². The highest BCUT2D eigenvalue weighted by molar-refractivity contribution is 6.03. The Morgan fingerprint density at radius 2 is 1.82 bits per heavy atom. The number of nitrogens with zero attached hydrogens (tertiary/aromatic N) is 8. The van der Waals surface area contributed by atoms with Gasteiger partial charge in [0.25, 0.3) is 11.9 Å². The van der Waals surface area contributed by atoms with E-state index in [-0.39, 0.29) is 17.3 Å². The lowest BCUT2D eigenvalue weighted by Gasteiger charge is -2.09. The molecular formula is C25H22F3N9O. The van der Waals surface area contributed by atoms with E-state index >= 15 is 0 Å². The molecule has 38 heavy (non-hydrogen) atoms. The first-order valence-corrected chi connectivity index (χ1v) is 11.5. The molecule has 0 fully saturated rings. The van der Waals surface area contributed by atoms with Crippen LogP contribution in [0.25, 0.3) is 17.2 Å².